The van der Waals surface area contributed by atoms with Crippen molar-refractivity contribution < 1.29 is 23.8 Å². The Morgan fingerprint density at radius 1 is 1.16 bits per heavy atom. The van der Waals surface area contributed by atoms with Crippen molar-refractivity contribution in [3.05, 3.63) is 59.2 Å². The molecule has 2 aromatic rings. The topological polar surface area (TPSA) is 61.8 Å². The van der Waals surface area contributed by atoms with E-state index in [0.717, 1.165) is 5.56 Å². The van der Waals surface area contributed by atoms with E-state index in [2.05, 4.69) is 0 Å². The van der Waals surface area contributed by atoms with Gasteiger partial charge in [-0.2, -0.15) is 0 Å². The lowest BCUT2D eigenvalue weighted by Crippen LogP contribution is -2.20. The molecule has 0 radical (unpaired) electrons. The van der Waals surface area contributed by atoms with E-state index in [-0.39, 0.29) is 24.4 Å². The molecule has 0 spiro atoms. The van der Waals surface area contributed by atoms with Gasteiger partial charge in [0.05, 0.1) is 30.8 Å². The lowest BCUT2D eigenvalue weighted by molar-refractivity contribution is 0.0600. The SMILES string of the molecule is COC(=O)c1ccc([C@H]2CC(=O)c3ccc(OC(C)C)cc3O2)cc1. The summed E-state index contributed by atoms with van der Waals surface area (Å²) in [7, 11) is 1.34. The molecule has 130 valence electrons. The highest BCUT2D eigenvalue weighted by atomic mass is 16.5. The molecule has 5 heteroatoms. The number of fused-ring (bicyclic) bond motifs is 1. The second-order valence-corrected chi connectivity index (χ2v) is 6.17. The third kappa shape index (κ3) is 3.65. The Morgan fingerprint density at radius 3 is 2.52 bits per heavy atom. The van der Waals surface area contributed by atoms with Crippen LogP contribution in [-0.2, 0) is 4.74 Å². The first kappa shape index (κ1) is 17.0. The van der Waals surface area contributed by atoms with Crippen molar-refractivity contribution in [1.82, 2.24) is 0 Å². The molecule has 5 nitrogen and oxygen atoms in total. The number of carbonyl (C=O) groups excluding carboxylic acids is 2. The van der Waals surface area contributed by atoms with Gasteiger partial charge >= 0.3 is 5.97 Å². The van der Waals surface area contributed by atoms with Crippen molar-refractivity contribution >= 4 is 11.8 Å². The molecule has 0 aliphatic carbocycles. The first-order valence-electron chi connectivity index (χ1n) is 8.16. The van der Waals surface area contributed by atoms with Crippen molar-refractivity contribution in [2.45, 2.75) is 32.5 Å². The van der Waals surface area contributed by atoms with Crippen molar-refractivity contribution in [3.63, 3.8) is 0 Å². The van der Waals surface area contributed by atoms with Gasteiger partial charge in [0.1, 0.15) is 17.6 Å². The Bertz CT molecular complexity index is 792. The largest absolute Gasteiger partial charge is 0.491 e. The number of carbonyl (C=O) groups is 2. The predicted molar refractivity (Wildman–Crippen MR) is 92.3 cm³/mol. The van der Waals surface area contributed by atoms with Gasteiger partial charge in [-0.1, -0.05) is 12.1 Å². The number of methoxy groups -OCH3 is 1. The van der Waals surface area contributed by atoms with Gasteiger partial charge in [0.15, 0.2) is 5.78 Å². The van der Waals surface area contributed by atoms with Gasteiger partial charge in [0.25, 0.3) is 0 Å². The normalized spacial score (nSPS) is 16.2. The molecule has 1 aliphatic heterocycles. The van der Waals surface area contributed by atoms with Crippen LogP contribution in [0.2, 0.25) is 0 Å². The Morgan fingerprint density at radius 2 is 1.88 bits per heavy atom. The molecule has 0 N–H and O–H groups in total. The highest BCUT2D eigenvalue weighted by molar-refractivity contribution is 6.00. The van der Waals surface area contributed by atoms with Gasteiger partial charge in [-0.25, -0.2) is 4.79 Å². The Labute approximate surface area is 146 Å². The Balaban J connectivity index is 1.84. The molecule has 0 saturated heterocycles. The molecular weight excluding hydrogens is 320 g/mol. The van der Waals surface area contributed by atoms with Crippen LogP contribution < -0.4 is 9.47 Å². The zero-order valence-corrected chi connectivity index (χ0v) is 14.4. The summed E-state index contributed by atoms with van der Waals surface area (Å²) in [5.41, 5.74) is 1.86. The molecule has 2 aromatic carbocycles. The fourth-order valence-electron chi connectivity index (χ4n) is 2.79. The minimum atomic E-state index is -0.395. The van der Waals surface area contributed by atoms with E-state index >= 15 is 0 Å². The second-order valence-electron chi connectivity index (χ2n) is 6.17. The Kier molecular flexibility index (Phi) is 4.74. The zero-order chi connectivity index (χ0) is 18.0. The van der Waals surface area contributed by atoms with E-state index in [0.29, 0.717) is 22.6 Å². The van der Waals surface area contributed by atoms with Crippen LogP contribution in [-0.4, -0.2) is 25.0 Å². The smallest absolute Gasteiger partial charge is 0.337 e. The fourth-order valence-corrected chi connectivity index (χ4v) is 2.79. The van der Waals surface area contributed by atoms with Gasteiger partial charge in [-0.3, -0.25) is 4.79 Å². The average molecular weight is 340 g/mol. The van der Waals surface area contributed by atoms with E-state index < -0.39 is 5.97 Å². The summed E-state index contributed by atoms with van der Waals surface area (Å²) in [6.45, 7) is 3.88. The van der Waals surface area contributed by atoms with E-state index in [9.17, 15) is 9.59 Å². The molecule has 0 unspecified atom stereocenters. The van der Waals surface area contributed by atoms with Gasteiger partial charge in [-0.15, -0.1) is 0 Å². The van der Waals surface area contributed by atoms with Gasteiger partial charge in [-0.05, 0) is 43.7 Å². The lowest BCUT2D eigenvalue weighted by Gasteiger charge is -2.26. The molecule has 0 fully saturated rings. The van der Waals surface area contributed by atoms with E-state index in [1.54, 1.807) is 42.5 Å². The average Bonchev–Trinajstić information content (AvgIpc) is 2.60. The van der Waals surface area contributed by atoms with Crippen LogP contribution in [0.4, 0.5) is 0 Å². The van der Waals surface area contributed by atoms with Gasteiger partial charge in [0.2, 0.25) is 0 Å². The predicted octanol–water partition coefficient (Wildman–Crippen LogP) is 3.97. The highest BCUT2D eigenvalue weighted by Crippen LogP contribution is 2.37. The summed E-state index contributed by atoms with van der Waals surface area (Å²) in [4.78, 5) is 24.0. The number of hydrogen-bond donors (Lipinski definition) is 0. The standard InChI is InChI=1S/C20H20O5/c1-12(2)24-15-8-9-16-17(21)11-18(25-19(16)10-15)13-4-6-14(7-5-13)20(22)23-3/h4-10,12,18H,11H2,1-3H3/t18-/m1/s1. The lowest BCUT2D eigenvalue weighted by atomic mass is 9.95. The fraction of sp³-hybridized carbons (Fsp3) is 0.300. The second kappa shape index (κ2) is 6.97. The van der Waals surface area contributed by atoms with E-state index in [1.165, 1.54) is 7.11 Å². The minimum absolute atomic E-state index is 0.0272. The highest BCUT2D eigenvalue weighted by Gasteiger charge is 2.28. The Hall–Kier alpha value is -2.82. The van der Waals surface area contributed by atoms with Crippen molar-refractivity contribution in [1.29, 1.82) is 0 Å². The summed E-state index contributed by atoms with van der Waals surface area (Å²) in [6, 6.07) is 12.2. The van der Waals surface area contributed by atoms with E-state index in [1.807, 2.05) is 13.8 Å². The molecule has 0 saturated carbocycles. The van der Waals surface area contributed by atoms with Crippen LogP contribution in [0.25, 0.3) is 0 Å². The molecule has 0 aromatic heterocycles. The molecule has 0 bridgehead atoms. The van der Waals surface area contributed by atoms with Crippen LogP contribution in [0.5, 0.6) is 11.5 Å². The zero-order valence-electron chi connectivity index (χ0n) is 14.4. The van der Waals surface area contributed by atoms with Gasteiger partial charge in [0, 0.05) is 6.07 Å². The van der Waals surface area contributed by atoms with Crippen LogP contribution in [0.1, 0.15) is 52.7 Å². The first-order valence-corrected chi connectivity index (χ1v) is 8.16. The summed E-state index contributed by atoms with van der Waals surface area (Å²) < 4.78 is 16.4. The van der Waals surface area contributed by atoms with E-state index in [4.69, 9.17) is 14.2 Å². The molecule has 0 amide bonds. The number of ether oxygens (including phenoxy) is 3. The summed E-state index contributed by atoms with van der Waals surface area (Å²) >= 11 is 0. The van der Waals surface area contributed by atoms with Crippen LogP contribution in [0.3, 0.4) is 0 Å². The van der Waals surface area contributed by atoms with Crippen molar-refractivity contribution in [3.8, 4) is 11.5 Å². The van der Waals surface area contributed by atoms with Gasteiger partial charge < -0.3 is 14.2 Å². The number of benzene rings is 2. The molecular formula is C20H20O5. The third-order valence-corrected chi connectivity index (χ3v) is 3.97. The summed E-state index contributed by atoms with van der Waals surface area (Å²) in [6.07, 6.45) is -0.0883. The maximum Gasteiger partial charge on any atom is 0.337 e. The number of rotatable bonds is 4. The molecule has 1 atom stereocenters. The van der Waals surface area contributed by atoms with Crippen LogP contribution in [0, 0.1) is 0 Å². The maximum absolute atomic E-state index is 12.4. The summed E-state index contributed by atoms with van der Waals surface area (Å²) in [5, 5.41) is 0. The quantitative estimate of drug-likeness (QED) is 0.788. The van der Waals surface area contributed by atoms with Crippen LogP contribution >= 0.6 is 0 Å². The monoisotopic (exact) mass is 340 g/mol. The third-order valence-electron chi connectivity index (χ3n) is 3.97. The molecule has 3 rings (SSSR count). The number of ketones is 1. The molecule has 1 heterocycles. The molecule has 25 heavy (non-hydrogen) atoms. The maximum atomic E-state index is 12.4. The van der Waals surface area contributed by atoms with Crippen molar-refractivity contribution in [2.24, 2.45) is 0 Å². The van der Waals surface area contributed by atoms with Crippen molar-refractivity contribution in [2.75, 3.05) is 7.11 Å². The first-order chi connectivity index (χ1) is 12.0. The molecule has 1 aliphatic rings. The van der Waals surface area contributed by atoms with Crippen LogP contribution in [0.15, 0.2) is 42.5 Å². The number of Topliss-reactive ketones (excluding diaryl/α,β-unsaturated/α-hetero) is 1. The number of hydrogen-bond acceptors (Lipinski definition) is 5. The minimum Gasteiger partial charge on any atom is -0.491 e. The number of esters is 1. The summed E-state index contributed by atoms with van der Waals surface area (Å²) in [5.74, 6) is 0.826.